The highest BCUT2D eigenvalue weighted by Crippen LogP contribution is 2.34. The van der Waals surface area contributed by atoms with Crippen LogP contribution in [0.5, 0.6) is 5.75 Å². The summed E-state index contributed by atoms with van der Waals surface area (Å²) < 4.78 is 33.3. The van der Waals surface area contributed by atoms with E-state index in [4.69, 9.17) is 4.74 Å². The van der Waals surface area contributed by atoms with Crippen LogP contribution in [0.2, 0.25) is 0 Å². The number of rotatable bonds is 3. The lowest BCUT2D eigenvalue weighted by atomic mass is 10.1. The number of hydrogen-bond donors (Lipinski definition) is 1. The molecule has 20 heavy (non-hydrogen) atoms. The normalized spacial score (nSPS) is 14.4. The van der Waals surface area contributed by atoms with Crippen molar-refractivity contribution in [2.75, 3.05) is 11.3 Å². The van der Waals surface area contributed by atoms with Gasteiger partial charge in [0.25, 0.3) is 10.0 Å². The van der Waals surface area contributed by atoms with Gasteiger partial charge in [0.15, 0.2) is 0 Å². The Bertz CT molecular complexity index is 735. The number of ether oxygens (including phenoxy) is 1. The molecule has 1 aliphatic heterocycles. The summed E-state index contributed by atoms with van der Waals surface area (Å²) in [6.07, 6.45) is 1.89. The molecule has 3 rings (SSSR count). The van der Waals surface area contributed by atoms with E-state index in [1.165, 1.54) is 11.3 Å². The second-order valence-electron chi connectivity index (χ2n) is 4.72. The number of hydrogen-bond acceptors (Lipinski definition) is 4. The molecule has 1 N–H and O–H groups in total. The minimum Gasteiger partial charge on any atom is -0.491 e. The molecule has 0 spiro atoms. The van der Waals surface area contributed by atoms with Gasteiger partial charge in [0.05, 0.1) is 12.3 Å². The number of benzene rings is 1. The highest BCUT2D eigenvalue weighted by Gasteiger charge is 2.21. The lowest BCUT2D eigenvalue weighted by Crippen LogP contribution is -2.15. The Hall–Kier alpha value is -1.53. The van der Waals surface area contributed by atoms with E-state index in [-0.39, 0.29) is 0 Å². The van der Waals surface area contributed by atoms with E-state index >= 15 is 0 Å². The number of thiophene rings is 1. The average molecular weight is 309 g/mol. The maximum absolute atomic E-state index is 12.3. The van der Waals surface area contributed by atoms with Crippen LogP contribution in [0.15, 0.2) is 34.5 Å². The van der Waals surface area contributed by atoms with E-state index in [0.29, 0.717) is 22.3 Å². The van der Waals surface area contributed by atoms with E-state index in [0.717, 1.165) is 23.3 Å². The minimum atomic E-state index is -3.54. The first-order chi connectivity index (χ1) is 9.56. The zero-order valence-corrected chi connectivity index (χ0v) is 12.7. The monoisotopic (exact) mass is 309 g/mol. The smallest absolute Gasteiger partial charge is 0.271 e. The van der Waals surface area contributed by atoms with Gasteiger partial charge in [-0.3, -0.25) is 4.72 Å². The molecule has 0 radical (unpaired) electrons. The molecule has 1 aliphatic rings. The van der Waals surface area contributed by atoms with Crippen LogP contribution < -0.4 is 9.46 Å². The lowest BCUT2D eigenvalue weighted by Gasteiger charge is -2.20. The lowest BCUT2D eigenvalue weighted by molar-refractivity contribution is 0.290. The molecule has 0 amide bonds. The second-order valence-corrected chi connectivity index (χ2v) is 7.91. The molecule has 0 atom stereocenters. The number of para-hydroxylation sites is 1. The average Bonchev–Trinajstić information content (AvgIpc) is 2.86. The predicted molar refractivity (Wildman–Crippen MR) is 80.1 cm³/mol. The van der Waals surface area contributed by atoms with Gasteiger partial charge in [0, 0.05) is 4.88 Å². The Balaban J connectivity index is 1.95. The first-order valence-electron chi connectivity index (χ1n) is 6.40. The first kappa shape index (κ1) is 13.5. The standard InChI is InChI=1S/C14H15NO3S2/c1-10-7-8-13(19-10)20(16,17)15-12-6-2-4-11-5-3-9-18-14(11)12/h2,4,6-8,15H,3,5,9H2,1H3. The number of anilines is 1. The molecule has 6 heteroatoms. The molecule has 0 saturated heterocycles. The quantitative estimate of drug-likeness (QED) is 0.947. The van der Waals surface area contributed by atoms with Crippen molar-refractivity contribution >= 4 is 27.0 Å². The minimum absolute atomic E-state index is 0.323. The third-order valence-corrected chi connectivity index (χ3v) is 6.02. The summed E-state index contributed by atoms with van der Waals surface area (Å²) in [5, 5.41) is 0. The molecule has 0 saturated carbocycles. The summed E-state index contributed by atoms with van der Waals surface area (Å²) in [5.74, 6) is 0.663. The fraction of sp³-hybridized carbons (Fsp3) is 0.286. The molecule has 0 unspecified atom stereocenters. The van der Waals surface area contributed by atoms with Gasteiger partial charge in [0.1, 0.15) is 9.96 Å². The van der Waals surface area contributed by atoms with Crippen molar-refractivity contribution in [1.82, 2.24) is 0 Å². The number of aryl methyl sites for hydroxylation is 2. The SMILES string of the molecule is Cc1ccc(S(=O)(=O)Nc2cccc3c2OCCC3)s1. The molecule has 106 valence electrons. The molecule has 0 fully saturated rings. The Morgan fingerprint density at radius 3 is 2.85 bits per heavy atom. The van der Waals surface area contributed by atoms with E-state index in [1.807, 2.05) is 19.1 Å². The zero-order valence-electron chi connectivity index (χ0n) is 11.0. The maximum atomic E-state index is 12.3. The molecular formula is C14H15NO3S2. The fourth-order valence-electron chi connectivity index (χ4n) is 2.22. The topological polar surface area (TPSA) is 55.4 Å². The van der Waals surface area contributed by atoms with Crippen LogP contribution in [-0.4, -0.2) is 15.0 Å². The van der Waals surface area contributed by atoms with Crippen LogP contribution in [0, 0.1) is 6.92 Å². The number of sulfonamides is 1. The molecule has 1 aromatic heterocycles. The van der Waals surface area contributed by atoms with Crippen molar-refractivity contribution in [3.8, 4) is 5.75 Å². The zero-order chi connectivity index (χ0) is 14.2. The van der Waals surface area contributed by atoms with Gasteiger partial charge in [-0.1, -0.05) is 12.1 Å². The molecule has 1 aromatic carbocycles. The Kier molecular flexibility index (Phi) is 3.43. The Morgan fingerprint density at radius 2 is 2.10 bits per heavy atom. The highest BCUT2D eigenvalue weighted by molar-refractivity contribution is 7.94. The molecule has 2 aromatic rings. The Labute approximate surface area is 122 Å². The molecular weight excluding hydrogens is 294 g/mol. The van der Waals surface area contributed by atoms with Crippen LogP contribution in [0.3, 0.4) is 0 Å². The molecule has 2 heterocycles. The van der Waals surface area contributed by atoms with E-state index in [2.05, 4.69) is 4.72 Å². The Morgan fingerprint density at radius 1 is 1.25 bits per heavy atom. The first-order valence-corrected chi connectivity index (χ1v) is 8.70. The summed E-state index contributed by atoms with van der Waals surface area (Å²) in [4.78, 5) is 0.969. The van der Waals surface area contributed by atoms with Gasteiger partial charge in [0.2, 0.25) is 0 Å². The van der Waals surface area contributed by atoms with Crippen molar-refractivity contribution < 1.29 is 13.2 Å². The molecule has 0 aliphatic carbocycles. The van der Waals surface area contributed by atoms with Crippen molar-refractivity contribution in [2.45, 2.75) is 24.0 Å². The number of nitrogens with one attached hydrogen (secondary N) is 1. The molecule has 4 nitrogen and oxygen atoms in total. The third kappa shape index (κ3) is 2.53. The van der Waals surface area contributed by atoms with Crippen LogP contribution in [0.1, 0.15) is 16.9 Å². The summed E-state index contributed by atoms with van der Waals surface area (Å²) >= 11 is 1.26. The van der Waals surface area contributed by atoms with Crippen molar-refractivity contribution in [3.05, 3.63) is 40.8 Å². The van der Waals surface area contributed by atoms with Crippen LogP contribution >= 0.6 is 11.3 Å². The van der Waals surface area contributed by atoms with Crippen LogP contribution in [0.25, 0.3) is 0 Å². The largest absolute Gasteiger partial charge is 0.491 e. The van der Waals surface area contributed by atoms with Crippen LogP contribution in [-0.2, 0) is 16.4 Å². The predicted octanol–water partition coefficient (Wildman–Crippen LogP) is 3.18. The van der Waals surface area contributed by atoms with Crippen molar-refractivity contribution in [3.63, 3.8) is 0 Å². The van der Waals surface area contributed by atoms with Crippen molar-refractivity contribution in [1.29, 1.82) is 0 Å². The molecule has 0 bridgehead atoms. The van der Waals surface area contributed by atoms with E-state index in [1.54, 1.807) is 18.2 Å². The van der Waals surface area contributed by atoms with Gasteiger partial charge >= 0.3 is 0 Å². The third-order valence-electron chi connectivity index (χ3n) is 3.16. The van der Waals surface area contributed by atoms with Gasteiger partial charge < -0.3 is 4.74 Å². The van der Waals surface area contributed by atoms with Gasteiger partial charge in [-0.2, -0.15) is 0 Å². The summed E-state index contributed by atoms with van der Waals surface area (Å²) in [5.41, 5.74) is 1.58. The second kappa shape index (κ2) is 5.10. The van der Waals surface area contributed by atoms with Gasteiger partial charge in [-0.05, 0) is 43.5 Å². The van der Waals surface area contributed by atoms with E-state index in [9.17, 15) is 8.42 Å². The summed E-state index contributed by atoms with van der Waals surface area (Å²) in [7, 11) is -3.54. The van der Waals surface area contributed by atoms with E-state index < -0.39 is 10.0 Å². The van der Waals surface area contributed by atoms with Crippen molar-refractivity contribution in [2.24, 2.45) is 0 Å². The number of fused-ring (bicyclic) bond motifs is 1. The van der Waals surface area contributed by atoms with Gasteiger partial charge in [-0.15, -0.1) is 11.3 Å². The maximum Gasteiger partial charge on any atom is 0.271 e. The van der Waals surface area contributed by atoms with Crippen LogP contribution in [0.4, 0.5) is 5.69 Å². The summed E-state index contributed by atoms with van der Waals surface area (Å²) in [6.45, 7) is 2.51. The highest BCUT2D eigenvalue weighted by atomic mass is 32.2. The fourth-order valence-corrected chi connectivity index (χ4v) is 4.57. The summed E-state index contributed by atoms with van der Waals surface area (Å²) in [6, 6.07) is 8.99. The van der Waals surface area contributed by atoms with Gasteiger partial charge in [-0.25, -0.2) is 8.42 Å².